The fourth-order valence-electron chi connectivity index (χ4n) is 6.84. The lowest BCUT2D eigenvalue weighted by molar-refractivity contribution is -0.136. The SMILES string of the molecule is CC(C)C[C@H](NC(=O)[C@H](CCc1ccccc1)CC(=O)CN1CCOCC1)C(=O)C[C@@H](Cc1ccccc1)C(=O)N[C@@H](CC(C)C)C(=O)C1(C)CO1. The van der Waals surface area contributed by atoms with Crippen molar-refractivity contribution in [3.63, 3.8) is 0 Å². The standard InChI is InChI=1S/C42H59N3O7/c1-29(2)22-36(43-40(49)33(17-16-31-12-8-6-9-13-31)25-35(46)27-45-18-20-51-21-19-45)38(47)26-34(24-32-14-10-7-11-15-32)41(50)44-37(23-30(3)4)39(48)42(5)28-52-42/h6-15,29-30,33-34,36-37H,16-28H2,1-5H3,(H,43,49)(H,44,50)/t33-,34-,36+,37+,42?/m1/s1. The van der Waals surface area contributed by atoms with E-state index >= 15 is 0 Å². The quantitative estimate of drug-likeness (QED) is 0.167. The molecule has 0 saturated carbocycles. The zero-order chi connectivity index (χ0) is 37.7. The number of carbonyl (C=O) groups excluding carboxylic acids is 5. The summed E-state index contributed by atoms with van der Waals surface area (Å²) >= 11 is 0. The maximum atomic E-state index is 14.2. The van der Waals surface area contributed by atoms with Crippen molar-refractivity contribution in [2.45, 2.75) is 97.2 Å². The molecule has 0 aliphatic carbocycles. The number of aryl methyl sites for hydroxylation is 1. The molecule has 2 fully saturated rings. The van der Waals surface area contributed by atoms with Crippen molar-refractivity contribution in [1.29, 1.82) is 0 Å². The van der Waals surface area contributed by atoms with Gasteiger partial charge in [0, 0.05) is 37.8 Å². The van der Waals surface area contributed by atoms with Crippen LogP contribution in [-0.4, -0.2) is 91.2 Å². The number of hydrogen-bond acceptors (Lipinski definition) is 8. The Bertz CT molecular complexity index is 1470. The molecule has 10 nitrogen and oxygen atoms in total. The number of nitrogens with one attached hydrogen (secondary N) is 2. The first-order valence-electron chi connectivity index (χ1n) is 19.0. The number of epoxide rings is 1. The minimum atomic E-state index is -0.898. The van der Waals surface area contributed by atoms with E-state index in [0.717, 1.165) is 11.1 Å². The van der Waals surface area contributed by atoms with Gasteiger partial charge in [0.2, 0.25) is 11.8 Å². The Kier molecular flexibility index (Phi) is 15.7. The van der Waals surface area contributed by atoms with Crippen molar-refractivity contribution in [3.8, 4) is 0 Å². The molecule has 1 unspecified atom stereocenters. The van der Waals surface area contributed by atoms with E-state index in [1.54, 1.807) is 6.92 Å². The van der Waals surface area contributed by atoms with Gasteiger partial charge in [0.25, 0.3) is 0 Å². The normalized spacial score (nSPS) is 19.8. The first-order chi connectivity index (χ1) is 24.8. The first-order valence-corrected chi connectivity index (χ1v) is 19.0. The smallest absolute Gasteiger partial charge is 0.224 e. The number of ether oxygens (including phenoxy) is 2. The summed E-state index contributed by atoms with van der Waals surface area (Å²) in [5.41, 5.74) is 1.07. The number of nitrogens with zero attached hydrogens (tertiary/aromatic N) is 1. The largest absolute Gasteiger partial charge is 0.379 e. The van der Waals surface area contributed by atoms with Crippen LogP contribution in [0, 0.1) is 23.7 Å². The van der Waals surface area contributed by atoms with Gasteiger partial charge in [0.05, 0.1) is 38.4 Å². The van der Waals surface area contributed by atoms with E-state index in [4.69, 9.17) is 9.47 Å². The van der Waals surface area contributed by atoms with Gasteiger partial charge in [0.1, 0.15) is 11.4 Å². The molecule has 2 aromatic rings. The summed E-state index contributed by atoms with van der Waals surface area (Å²) in [6.45, 7) is 12.8. The zero-order valence-corrected chi connectivity index (χ0v) is 31.7. The lowest BCUT2D eigenvalue weighted by atomic mass is 9.87. The van der Waals surface area contributed by atoms with Gasteiger partial charge in [-0.15, -0.1) is 0 Å². The third kappa shape index (κ3) is 13.4. The Balaban J connectivity index is 1.51. The van der Waals surface area contributed by atoms with Crippen LogP contribution in [0.3, 0.4) is 0 Å². The van der Waals surface area contributed by atoms with Crippen LogP contribution in [0.4, 0.5) is 0 Å². The van der Waals surface area contributed by atoms with Crippen LogP contribution < -0.4 is 10.6 Å². The van der Waals surface area contributed by atoms with Gasteiger partial charge in [-0.3, -0.25) is 28.9 Å². The maximum Gasteiger partial charge on any atom is 0.224 e. The van der Waals surface area contributed by atoms with Gasteiger partial charge in [0.15, 0.2) is 11.6 Å². The van der Waals surface area contributed by atoms with Crippen LogP contribution in [0.25, 0.3) is 0 Å². The molecule has 284 valence electrons. The summed E-state index contributed by atoms with van der Waals surface area (Å²) in [5.74, 6) is -2.27. The molecule has 2 aliphatic rings. The fourth-order valence-corrected chi connectivity index (χ4v) is 6.84. The monoisotopic (exact) mass is 717 g/mol. The molecule has 10 heteroatoms. The molecule has 4 rings (SSSR count). The van der Waals surface area contributed by atoms with Gasteiger partial charge in [-0.05, 0) is 62.0 Å². The van der Waals surface area contributed by atoms with E-state index in [9.17, 15) is 24.0 Å². The molecule has 2 saturated heterocycles. The topological polar surface area (TPSA) is 134 Å². The van der Waals surface area contributed by atoms with Gasteiger partial charge >= 0.3 is 0 Å². The molecule has 0 bridgehead atoms. The highest BCUT2D eigenvalue weighted by molar-refractivity contribution is 5.98. The van der Waals surface area contributed by atoms with Gasteiger partial charge in [-0.25, -0.2) is 0 Å². The predicted octanol–water partition coefficient (Wildman–Crippen LogP) is 4.76. The average Bonchev–Trinajstić information content (AvgIpc) is 3.87. The van der Waals surface area contributed by atoms with E-state index in [-0.39, 0.29) is 60.4 Å². The first kappa shape index (κ1) is 41.0. The van der Waals surface area contributed by atoms with Crippen LogP contribution in [0.2, 0.25) is 0 Å². The highest BCUT2D eigenvalue weighted by atomic mass is 16.6. The van der Waals surface area contributed by atoms with Crippen LogP contribution >= 0.6 is 0 Å². The summed E-state index contributed by atoms with van der Waals surface area (Å²) in [5, 5.41) is 6.03. The van der Waals surface area contributed by atoms with Gasteiger partial charge in [-0.2, -0.15) is 0 Å². The van der Waals surface area contributed by atoms with E-state index in [1.807, 2.05) is 88.4 Å². The minimum Gasteiger partial charge on any atom is -0.379 e. The van der Waals surface area contributed by atoms with Crippen LogP contribution in [0.5, 0.6) is 0 Å². The Labute approximate surface area is 309 Å². The molecule has 2 aromatic carbocycles. The lowest BCUT2D eigenvalue weighted by Crippen LogP contribution is -2.50. The van der Waals surface area contributed by atoms with Crippen molar-refractivity contribution in [2.75, 3.05) is 39.5 Å². The third-order valence-corrected chi connectivity index (χ3v) is 9.97. The molecule has 2 heterocycles. The van der Waals surface area contributed by atoms with Crippen LogP contribution in [-0.2, 0) is 46.3 Å². The molecule has 0 spiro atoms. The number of Topliss-reactive ketones (excluding diaryl/α,β-unsaturated/α-hetero) is 3. The van der Waals surface area contributed by atoms with Gasteiger partial charge < -0.3 is 20.1 Å². The second-order valence-corrected chi connectivity index (χ2v) is 15.7. The summed E-state index contributed by atoms with van der Waals surface area (Å²) in [4.78, 5) is 71.0. The molecule has 5 atom stereocenters. The Hall–Kier alpha value is -3.73. The van der Waals surface area contributed by atoms with Crippen molar-refractivity contribution >= 4 is 29.2 Å². The van der Waals surface area contributed by atoms with E-state index in [2.05, 4.69) is 15.5 Å². The maximum absolute atomic E-state index is 14.2. The molecule has 52 heavy (non-hydrogen) atoms. The van der Waals surface area contributed by atoms with E-state index in [0.29, 0.717) is 65.0 Å². The number of hydrogen-bond donors (Lipinski definition) is 2. The number of carbonyl (C=O) groups is 5. The summed E-state index contributed by atoms with van der Waals surface area (Å²) in [7, 11) is 0. The number of amides is 2. The molecule has 2 amide bonds. The van der Waals surface area contributed by atoms with Crippen molar-refractivity contribution < 1.29 is 33.4 Å². The van der Waals surface area contributed by atoms with Gasteiger partial charge in [-0.1, -0.05) is 88.4 Å². The van der Waals surface area contributed by atoms with E-state index < -0.39 is 29.5 Å². The van der Waals surface area contributed by atoms with Crippen LogP contribution in [0.1, 0.15) is 77.8 Å². The Morgan fingerprint density at radius 3 is 1.87 bits per heavy atom. The number of ketones is 3. The number of rotatable bonds is 22. The summed E-state index contributed by atoms with van der Waals surface area (Å²) in [6.07, 6.45) is 2.18. The molecular weight excluding hydrogens is 658 g/mol. The summed E-state index contributed by atoms with van der Waals surface area (Å²) in [6, 6.07) is 17.8. The predicted molar refractivity (Wildman–Crippen MR) is 201 cm³/mol. The third-order valence-electron chi connectivity index (χ3n) is 9.97. The Morgan fingerprint density at radius 1 is 0.750 bits per heavy atom. The molecule has 0 radical (unpaired) electrons. The highest BCUT2D eigenvalue weighted by Crippen LogP contribution is 2.30. The van der Waals surface area contributed by atoms with Crippen molar-refractivity contribution in [1.82, 2.24) is 15.5 Å². The molecule has 0 aromatic heterocycles. The second-order valence-electron chi connectivity index (χ2n) is 15.7. The highest BCUT2D eigenvalue weighted by Gasteiger charge is 2.50. The van der Waals surface area contributed by atoms with Crippen LogP contribution in [0.15, 0.2) is 60.7 Å². The second kappa shape index (κ2) is 19.9. The van der Waals surface area contributed by atoms with E-state index in [1.165, 1.54) is 0 Å². The zero-order valence-electron chi connectivity index (χ0n) is 31.7. The summed E-state index contributed by atoms with van der Waals surface area (Å²) < 4.78 is 10.9. The Morgan fingerprint density at radius 2 is 1.29 bits per heavy atom. The van der Waals surface area contributed by atoms with Crippen molar-refractivity contribution in [3.05, 3.63) is 71.8 Å². The molecular formula is C42H59N3O7. The van der Waals surface area contributed by atoms with Crippen molar-refractivity contribution in [2.24, 2.45) is 23.7 Å². The minimum absolute atomic E-state index is 0.0163. The number of benzene rings is 2. The molecule has 2 N–H and O–H groups in total. The lowest BCUT2D eigenvalue weighted by Gasteiger charge is -2.28. The fraction of sp³-hybridized carbons (Fsp3) is 0.595. The number of morpholine rings is 1. The molecule has 2 aliphatic heterocycles. The average molecular weight is 718 g/mol.